The van der Waals surface area contributed by atoms with Gasteiger partial charge in [0.1, 0.15) is 0 Å². The number of hydrogen-bond acceptors (Lipinski definition) is 5. The lowest BCUT2D eigenvalue weighted by Gasteiger charge is -2.11. The number of carbonyl (C=O) groups excluding carboxylic acids is 1. The summed E-state index contributed by atoms with van der Waals surface area (Å²) < 4.78 is 28.9. The van der Waals surface area contributed by atoms with E-state index in [-0.39, 0.29) is 10.8 Å². The average molecular weight is 391 g/mol. The minimum absolute atomic E-state index is 0.117. The second-order valence-electron chi connectivity index (χ2n) is 6.13. The van der Waals surface area contributed by atoms with Crippen molar-refractivity contribution in [3.05, 3.63) is 59.7 Å². The first-order valence-corrected chi connectivity index (χ1v) is 10.8. The Balaban J connectivity index is 1.90. The van der Waals surface area contributed by atoms with E-state index < -0.39 is 9.84 Å². The van der Waals surface area contributed by atoms with Crippen molar-refractivity contribution >= 4 is 21.4 Å². The number of amides is 1. The number of nitrogens with one attached hydrogen (secondary N) is 2. The molecule has 7 heteroatoms. The van der Waals surface area contributed by atoms with Crippen molar-refractivity contribution < 1.29 is 17.9 Å². The fourth-order valence-electron chi connectivity index (χ4n) is 2.53. The third-order valence-corrected chi connectivity index (χ3v) is 5.10. The second kappa shape index (κ2) is 10.1. The monoisotopic (exact) mass is 390 g/mol. The molecule has 0 spiro atoms. The molecule has 0 aliphatic heterocycles. The number of anilines is 1. The van der Waals surface area contributed by atoms with Crippen LogP contribution in [-0.4, -0.2) is 40.3 Å². The van der Waals surface area contributed by atoms with E-state index in [0.29, 0.717) is 37.6 Å². The standard InChI is InChI=1S/C20H26N2O4S/c1-3-26-14-6-13-21-20(23)17-11-9-16(10-12-17)15-22-18-7-4-5-8-19(18)27(2,24)25/h4-5,7-12,22H,3,6,13-15H2,1-2H3,(H,21,23). The highest BCUT2D eigenvalue weighted by Crippen LogP contribution is 2.21. The summed E-state index contributed by atoms with van der Waals surface area (Å²) in [6.45, 7) is 4.29. The summed E-state index contributed by atoms with van der Waals surface area (Å²) in [5.74, 6) is -0.117. The molecule has 0 aliphatic rings. The molecule has 0 bridgehead atoms. The molecular formula is C20H26N2O4S. The van der Waals surface area contributed by atoms with Crippen LogP contribution in [0.5, 0.6) is 0 Å². The Hall–Kier alpha value is -2.38. The Morgan fingerprint density at radius 1 is 1.07 bits per heavy atom. The first-order valence-electron chi connectivity index (χ1n) is 8.89. The van der Waals surface area contributed by atoms with Gasteiger partial charge < -0.3 is 15.4 Å². The van der Waals surface area contributed by atoms with Gasteiger partial charge >= 0.3 is 0 Å². The van der Waals surface area contributed by atoms with Crippen LogP contribution in [0.25, 0.3) is 0 Å². The van der Waals surface area contributed by atoms with Crippen LogP contribution in [0.4, 0.5) is 5.69 Å². The summed E-state index contributed by atoms with van der Waals surface area (Å²) in [6.07, 6.45) is 1.97. The molecule has 0 saturated heterocycles. The lowest BCUT2D eigenvalue weighted by atomic mass is 10.1. The third-order valence-electron chi connectivity index (χ3n) is 3.94. The number of hydrogen-bond donors (Lipinski definition) is 2. The van der Waals surface area contributed by atoms with Crippen LogP contribution in [0, 0.1) is 0 Å². The number of benzene rings is 2. The Bertz CT molecular complexity index is 849. The fourth-order valence-corrected chi connectivity index (χ4v) is 3.40. The Morgan fingerprint density at radius 2 is 1.78 bits per heavy atom. The van der Waals surface area contributed by atoms with Gasteiger partial charge in [-0.05, 0) is 43.2 Å². The molecule has 2 aromatic rings. The normalized spacial score (nSPS) is 11.2. The minimum atomic E-state index is -3.30. The van der Waals surface area contributed by atoms with Gasteiger partial charge in [0.25, 0.3) is 5.91 Å². The molecule has 0 unspecified atom stereocenters. The van der Waals surface area contributed by atoms with Crippen molar-refractivity contribution in [2.24, 2.45) is 0 Å². The molecule has 1 amide bonds. The van der Waals surface area contributed by atoms with Crippen LogP contribution in [0.15, 0.2) is 53.4 Å². The first kappa shape index (κ1) is 20.9. The van der Waals surface area contributed by atoms with Crippen molar-refractivity contribution in [2.45, 2.75) is 24.8 Å². The molecule has 0 radical (unpaired) electrons. The molecule has 27 heavy (non-hydrogen) atoms. The van der Waals surface area contributed by atoms with Gasteiger partial charge in [-0.15, -0.1) is 0 Å². The summed E-state index contributed by atoms with van der Waals surface area (Å²) >= 11 is 0. The van der Waals surface area contributed by atoms with E-state index in [1.54, 1.807) is 36.4 Å². The molecule has 0 atom stereocenters. The van der Waals surface area contributed by atoms with E-state index in [0.717, 1.165) is 12.0 Å². The predicted octanol–water partition coefficient (Wildman–Crippen LogP) is 2.86. The molecule has 2 rings (SSSR count). The summed E-state index contributed by atoms with van der Waals surface area (Å²) in [6, 6.07) is 14.0. The van der Waals surface area contributed by atoms with Crippen LogP contribution in [0.1, 0.15) is 29.3 Å². The molecule has 0 heterocycles. The second-order valence-corrected chi connectivity index (χ2v) is 8.11. The Kier molecular flexibility index (Phi) is 7.82. The lowest BCUT2D eigenvalue weighted by Crippen LogP contribution is -2.25. The van der Waals surface area contributed by atoms with Crippen LogP contribution in [0.3, 0.4) is 0 Å². The minimum Gasteiger partial charge on any atom is -0.382 e. The highest BCUT2D eigenvalue weighted by Gasteiger charge is 2.12. The van der Waals surface area contributed by atoms with Gasteiger partial charge in [0.2, 0.25) is 0 Å². The van der Waals surface area contributed by atoms with Crippen LogP contribution >= 0.6 is 0 Å². The summed E-state index contributed by atoms with van der Waals surface area (Å²) in [4.78, 5) is 12.4. The zero-order valence-corrected chi connectivity index (χ0v) is 16.5. The maximum atomic E-state index is 12.1. The average Bonchev–Trinajstić information content (AvgIpc) is 2.66. The number of carbonyl (C=O) groups is 1. The van der Waals surface area contributed by atoms with E-state index in [9.17, 15) is 13.2 Å². The first-order chi connectivity index (χ1) is 12.9. The summed E-state index contributed by atoms with van der Waals surface area (Å²) in [5.41, 5.74) is 2.11. The van der Waals surface area contributed by atoms with Crippen LogP contribution < -0.4 is 10.6 Å². The van der Waals surface area contributed by atoms with Gasteiger partial charge in [0, 0.05) is 38.1 Å². The fraction of sp³-hybridized carbons (Fsp3) is 0.350. The smallest absolute Gasteiger partial charge is 0.251 e. The zero-order valence-electron chi connectivity index (χ0n) is 15.7. The number of para-hydroxylation sites is 1. The molecule has 0 aliphatic carbocycles. The number of ether oxygens (including phenoxy) is 1. The van der Waals surface area contributed by atoms with Crippen LogP contribution in [-0.2, 0) is 21.1 Å². The quantitative estimate of drug-likeness (QED) is 0.610. The van der Waals surface area contributed by atoms with Crippen molar-refractivity contribution in [3.63, 3.8) is 0 Å². The highest BCUT2D eigenvalue weighted by molar-refractivity contribution is 7.90. The largest absolute Gasteiger partial charge is 0.382 e. The third kappa shape index (κ3) is 6.69. The molecule has 0 fully saturated rings. The number of rotatable bonds is 10. The van der Waals surface area contributed by atoms with Gasteiger partial charge in [-0.1, -0.05) is 24.3 Å². The van der Waals surface area contributed by atoms with Gasteiger partial charge in [-0.25, -0.2) is 8.42 Å². The Morgan fingerprint density at radius 3 is 2.44 bits per heavy atom. The van der Waals surface area contributed by atoms with E-state index >= 15 is 0 Å². The van der Waals surface area contributed by atoms with Gasteiger partial charge in [0.05, 0.1) is 10.6 Å². The van der Waals surface area contributed by atoms with Crippen LogP contribution in [0.2, 0.25) is 0 Å². The summed E-state index contributed by atoms with van der Waals surface area (Å²) in [7, 11) is -3.30. The van der Waals surface area contributed by atoms with E-state index in [1.165, 1.54) is 6.26 Å². The maximum absolute atomic E-state index is 12.1. The maximum Gasteiger partial charge on any atom is 0.251 e. The molecule has 0 saturated carbocycles. The predicted molar refractivity (Wildman–Crippen MR) is 107 cm³/mol. The summed E-state index contributed by atoms with van der Waals surface area (Å²) in [5, 5.41) is 6.00. The van der Waals surface area contributed by atoms with Crippen molar-refractivity contribution in [1.82, 2.24) is 5.32 Å². The molecular weight excluding hydrogens is 364 g/mol. The zero-order chi connectivity index (χ0) is 19.7. The topological polar surface area (TPSA) is 84.5 Å². The van der Waals surface area contributed by atoms with Crippen molar-refractivity contribution in [1.29, 1.82) is 0 Å². The molecule has 2 N–H and O–H groups in total. The Labute approximate surface area is 160 Å². The van der Waals surface area contributed by atoms with Crippen molar-refractivity contribution in [2.75, 3.05) is 31.3 Å². The van der Waals surface area contributed by atoms with Gasteiger partial charge in [-0.2, -0.15) is 0 Å². The van der Waals surface area contributed by atoms with Gasteiger partial charge in [-0.3, -0.25) is 4.79 Å². The molecule has 146 valence electrons. The van der Waals surface area contributed by atoms with E-state index in [1.807, 2.05) is 19.1 Å². The van der Waals surface area contributed by atoms with E-state index in [4.69, 9.17) is 4.74 Å². The molecule has 2 aromatic carbocycles. The van der Waals surface area contributed by atoms with Gasteiger partial charge in [0.15, 0.2) is 9.84 Å². The molecule has 6 nitrogen and oxygen atoms in total. The highest BCUT2D eigenvalue weighted by atomic mass is 32.2. The van der Waals surface area contributed by atoms with E-state index in [2.05, 4.69) is 10.6 Å². The lowest BCUT2D eigenvalue weighted by molar-refractivity contribution is 0.0944. The number of sulfone groups is 1. The van der Waals surface area contributed by atoms with Crippen molar-refractivity contribution in [3.8, 4) is 0 Å². The molecule has 0 aromatic heterocycles. The SMILES string of the molecule is CCOCCCNC(=O)c1ccc(CNc2ccccc2S(C)(=O)=O)cc1.